The van der Waals surface area contributed by atoms with E-state index in [0.29, 0.717) is 18.2 Å². The van der Waals surface area contributed by atoms with Gasteiger partial charge in [0.25, 0.3) is 0 Å². The van der Waals surface area contributed by atoms with Crippen molar-refractivity contribution in [2.45, 2.75) is 32.4 Å². The van der Waals surface area contributed by atoms with Crippen LogP contribution in [0.4, 0.5) is 4.39 Å². The molecule has 0 radical (unpaired) electrons. The molecule has 2 nitrogen and oxygen atoms in total. The Kier molecular flexibility index (Phi) is 4.98. The second-order valence-electron chi connectivity index (χ2n) is 4.83. The van der Waals surface area contributed by atoms with Crippen molar-refractivity contribution in [1.82, 2.24) is 10.2 Å². The number of nitrogens with one attached hydrogen (secondary N) is 1. The number of rotatable bonds is 5. The summed E-state index contributed by atoms with van der Waals surface area (Å²) >= 11 is 5.80. The fraction of sp³-hybridized carbons (Fsp3) is 0.571. The van der Waals surface area contributed by atoms with E-state index in [1.807, 2.05) is 12.1 Å². The SMILES string of the molecule is CCN(Cc1cccc(Cl)c1F)CC1CCCN1. The average Bonchev–Trinajstić information content (AvgIpc) is 2.86. The Bertz CT molecular complexity index is 391. The standard InChI is InChI=1S/C14H20ClFN2/c1-2-18(10-12-6-4-8-17-12)9-11-5-3-7-13(15)14(11)16/h3,5,7,12,17H,2,4,6,8-10H2,1H3. The van der Waals surface area contributed by atoms with E-state index in [1.165, 1.54) is 12.8 Å². The third-order valence-electron chi connectivity index (χ3n) is 3.51. The number of hydrogen-bond donors (Lipinski definition) is 1. The monoisotopic (exact) mass is 270 g/mol. The van der Waals surface area contributed by atoms with Crippen LogP contribution in [0.15, 0.2) is 18.2 Å². The van der Waals surface area contributed by atoms with Gasteiger partial charge in [0.2, 0.25) is 0 Å². The summed E-state index contributed by atoms with van der Waals surface area (Å²) in [5.41, 5.74) is 0.683. The van der Waals surface area contributed by atoms with Crippen molar-refractivity contribution in [3.05, 3.63) is 34.6 Å². The zero-order valence-electron chi connectivity index (χ0n) is 10.8. The maximum Gasteiger partial charge on any atom is 0.146 e. The Morgan fingerprint density at radius 2 is 2.33 bits per heavy atom. The normalized spacial score (nSPS) is 19.7. The summed E-state index contributed by atoms with van der Waals surface area (Å²) in [5, 5.41) is 3.68. The first-order valence-corrected chi connectivity index (χ1v) is 6.97. The van der Waals surface area contributed by atoms with Gasteiger partial charge in [0.1, 0.15) is 5.82 Å². The number of halogens is 2. The lowest BCUT2D eigenvalue weighted by Crippen LogP contribution is -2.37. The van der Waals surface area contributed by atoms with Crippen molar-refractivity contribution in [3.8, 4) is 0 Å². The molecule has 1 aliphatic rings. The Morgan fingerprint density at radius 1 is 1.50 bits per heavy atom. The van der Waals surface area contributed by atoms with Crippen LogP contribution in [0.5, 0.6) is 0 Å². The first kappa shape index (κ1) is 13.8. The Balaban J connectivity index is 1.98. The van der Waals surface area contributed by atoms with E-state index in [2.05, 4.69) is 17.1 Å². The second-order valence-corrected chi connectivity index (χ2v) is 5.24. The summed E-state index contributed by atoms with van der Waals surface area (Å²) in [6.07, 6.45) is 2.46. The molecule has 1 aliphatic heterocycles. The molecule has 4 heteroatoms. The van der Waals surface area contributed by atoms with E-state index in [1.54, 1.807) is 6.07 Å². The van der Waals surface area contributed by atoms with E-state index >= 15 is 0 Å². The highest BCUT2D eigenvalue weighted by atomic mass is 35.5. The second kappa shape index (κ2) is 6.50. The molecule has 1 heterocycles. The summed E-state index contributed by atoms with van der Waals surface area (Å²) in [5.74, 6) is -0.281. The zero-order valence-corrected chi connectivity index (χ0v) is 11.5. The van der Waals surface area contributed by atoms with Gasteiger partial charge in [0, 0.05) is 24.7 Å². The number of benzene rings is 1. The van der Waals surface area contributed by atoms with Gasteiger partial charge in [0.15, 0.2) is 0 Å². The molecule has 0 aromatic heterocycles. The lowest BCUT2D eigenvalue weighted by Gasteiger charge is -2.24. The topological polar surface area (TPSA) is 15.3 Å². The Morgan fingerprint density at radius 3 is 3.00 bits per heavy atom. The fourth-order valence-electron chi connectivity index (χ4n) is 2.44. The van der Waals surface area contributed by atoms with Crippen LogP contribution in [0.3, 0.4) is 0 Å². The van der Waals surface area contributed by atoms with Crippen LogP contribution >= 0.6 is 11.6 Å². The van der Waals surface area contributed by atoms with Crippen LogP contribution in [0.2, 0.25) is 5.02 Å². The molecule has 0 bridgehead atoms. The summed E-state index contributed by atoms with van der Waals surface area (Å²) in [6.45, 7) is 5.73. The van der Waals surface area contributed by atoms with Gasteiger partial charge in [-0.2, -0.15) is 0 Å². The number of hydrogen-bond acceptors (Lipinski definition) is 2. The smallest absolute Gasteiger partial charge is 0.146 e. The Hall–Kier alpha value is -0.640. The molecule has 1 fully saturated rings. The summed E-state index contributed by atoms with van der Waals surface area (Å²) in [6, 6.07) is 5.76. The lowest BCUT2D eigenvalue weighted by atomic mass is 10.1. The van der Waals surface area contributed by atoms with Crippen molar-refractivity contribution in [1.29, 1.82) is 0 Å². The van der Waals surface area contributed by atoms with Crippen molar-refractivity contribution in [3.63, 3.8) is 0 Å². The van der Waals surface area contributed by atoms with Crippen LogP contribution in [0, 0.1) is 5.82 Å². The van der Waals surface area contributed by atoms with E-state index < -0.39 is 0 Å². The largest absolute Gasteiger partial charge is 0.313 e. The van der Waals surface area contributed by atoms with Crippen LogP contribution in [-0.4, -0.2) is 30.6 Å². The Labute approximate surface area is 113 Å². The lowest BCUT2D eigenvalue weighted by molar-refractivity contribution is 0.250. The van der Waals surface area contributed by atoms with E-state index in [-0.39, 0.29) is 10.8 Å². The summed E-state index contributed by atoms with van der Waals surface area (Å²) in [7, 11) is 0. The van der Waals surface area contributed by atoms with Gasteiger partial charge in [0.05, 0.1) is 5.02 Å². The number of nitrogens with zero attached hydrogens (tertiary/aromatic N) is 1. The molecule has 2 rings (SSSR count). The third kappa shape index (κ3) is 3.44. The molecule has 1 atom stereocenters. The van der Waals surface area contributed by atoms with Gasteiger partial charge in [-0.25, -0.2) is 4.39 Å². The minimum atomic E-state index is -0.281. The molecule has 1 saturated heterocycles. The quantitative estimate of drug-likeness (QED) is 0.885. The van der Waals surface area contributed by atoms with Crippen molar-refractivity contribution >= 4 is 11.6 Å². The molecule has 0 aliphatic carbocycles. The maximum absolute atomic E-state index is 13.8. The van der Waals surface area contributed by atoms with Crippen molar-refractivity contribution < 1.29 is 4.39 Å². The molecule has 0 spiro atoms. The van der Waals surface area contributed by atoms with Gasteiger partial charge in [-0.05, 0) is 32.0 Å². The first-order valence-electron chi connectivity index (χ1n) is 6.59. The molecule has 0 amide bonds. The van der Waals surface area contributed by atoms with Gasteiger partial charge in [-0.1, -0.05) is 30.7 Å². The van der Waals surface area contributed by atoms with E-state index in [9.17, 15) is 4.39 Å². The molecular formula is C14H20ClFN2. The summed E-state index contributed by atoms with van der Waals surface area (Å²) in [4.78, 5) is 2.26. The molecule has 1 N–H and O–H groups in total. The predicted molar refractivity (Wildman–Crippen MR) is 73.4 cm³/mol. The zero-order chi connectivity index (χ0) is 13.0. The third-order valence-corrected chi connectivity index (χ3v) is 3.81. The molecule has 0 saturated carbocycles. The van der Waals surface area contributed by atoms with Crippen LogP contribution in [0.1, 0.15) is 25.3 Å². The predicted octanol–water partition coefficient (Wildman–Crippen LogP) is 3.05. The minimum Gasteiger partial charge on any atom is -0.313 e. The molecule has 1 aromatic carbocycles. The van der Waals surface area contributed by atoms with Gasteiger partial charge < -0.3 is 5.32 Å². The van der Waals surface area contributed by atoms with Gasteiger partial charge in [-0.3, -0.25) is 4.90 Å². The molecular weight excluding hydrogens is 251 g/mol. The molecule has 18 heavy (non-hydrogen) atoms. The molecule has 1 unspecified atom stereocenters. The van der Waals surface area contributed by atoms with Crippen LogP contribution < -0.4 is 5.32 Å². The van der Waals surface area contributed by atoms with E-state index in [4.69, 9.17) is 11.6 Å². The molecule has 1 aromatic rings. The van der Waals surface area contributed by atoms with Crippen LogP contribution in [0.25, 0.3) is 0 Å². The minimum absolute atomic E-state index is 0.211. The average molecular weight is 271 g/mol. The fourth-order valence-corrected chi connectivity index (χ4v) is 2.64. The highest BCUT2D eigenvalue weighted by Crippen LogP contribution is 2.19. The van der Waals surface area contributed by atoms with E-state index in [0.717, 1.165) is 19.6 Å². The van der Waals surface area contributed by atoms with Crippen molar-refractivity contribution in [2.24, 2.45) is 0 Å². The highest BCUT2D eigenvalue weighted by Gasteiger charge is 2.18. The van der Waals surface area contributed by atoms with Gasteiger partial charge in [-0.15, -0.1) is 0 Å². The highest BCUT2D eigenvalue weighted by molar-refractivity contribution is 6.30. The molecule has 100 valence electrons. The number of likely N-dealkylation sites (N-methyl/N-ethyl adjacent to an activating group) is 1. The van der Waals surface area contributed by atoms with Gasteiger partial charge >= 0.3 is 0 Å². The first-order chi connectivity index (χ1) is 8.70. The summed E-state index contributed by atoms with van der Waals surface area (Å²) < 4.78 is 13.8. The van der Waals surface area contributed by atoms with Crippen LogP contribution in [-0.2, 0) is 6.54 Å². The maximum atomic E-state index is 13.8. The van der Waals surface area contributed by atoms with Crippen molar-refractivity contribution in [2.75, 3.05) is 19.6 Å².